The van der Waals surface area contributed by atoms with Crippen LogP contribution in [0, 0.1) is 18.3 Å². The number of aryl methyl sites for hydroxylation is 1. The van der Waals surface area contributed by atoms with Crippen LogP contribution in [0.1, 0.15) is 22.7 Å². The average Bonchev–Trinajstić information content (AvgIpc) is 3.01. The first-order chi connectivity index (χ1) is 11.7. The molecule has 3 rings (SSSR count). The predicted octanol–water partition coefficient (Wildman–Crippen LogP) is 3.44. The number of hydrogen-bond donors (Lipinski definition) is 1. The van der Waals surface area contributed by atoms with Crippen LogP contribution in [0.15, 0.2) is 53.2 Å². The Morgan fingerprint density at radius 2 is 2.21 bits per heavy atom. The molecule has 0 spiro atoms. The van der Waals surface area contributed by atoms with E-state index in [4.69, 9.17) is 9.15 Å². The molecule has 1 N–H and O–H groups in total. The molecule has 0 saturated heterocycles. The van der Waals surface area contributed by atoms with Crippen LogP contribution in [-0.2, 0) is 13.2 Å². The van der Waals surface area contributed by atoms with Crippen molar-refractivity contribution in [2.45, 2.75) is 20.1 Å². The number of hydrogen-bond acceptors (Lipinski definition) is 6. The van der Waals surface area contributed by atoms with E-state index in [1.54, 1.807) is 12.4 Å². The lowest BCUT2D eigenvalue weighted by Crippen LogP contribution is -2.00. The molecule has 0 unspecified atom stereocenters. The maximum Gasteiger partial charge on any atom is 0.236 e. The number of ether oxygens (including phenoxy) is 1. The molecule has 120 valence electrons. The number of nitrogens with one attached hydrogen (secondary N) is 1. The van der Waals surface area contributed by atoms with Gasteiger partial charge in [0.15, 0.2) is 6.61 Å². The quantitative estimate of drug-likeness (QED) is 0.749. The van der Waals surface area contributed by atoms with Crippen molar-refractivity contribution < 1.29 is 9.15 Å². The first-order valence-electron chi connectivity index (χ1n) is 7.46. The lowest BCUT2D eigenvalue weighted by molar-refractivity contribution is 0.264. The van der Waals surface area contributed by atoms with E-state index >= 15 is 0 Å². The summed E-state index contributed by atoms with van der Waals surface area (Å²) >= 11 is 0. The second-order valence-corrected chi connectivity index (χ2v) is 5.22. The summed E-state index contributed by atoms with van der Waals surface area (Å²) in [5, 5.41) is 12.2. The van der Waals surface area contributed by atoms with E-state index in [1.807, 2.05) is 49.4 Å². The number of rotatable bonds is 6. The highest BCUT2D eigenvalue weighted by molar-refractivity contribution is 5.45. The summed E-state index contributed by atoms with van der Waals surface area (Å²) in [5.74, 6) is 1.42. The Kier molecular flexibility index (Phi) is 4.73. The molecule has 0 radical (unpaired) electrons. The number of pyridine rings is 1. The molecule has 0 aliphatic rings. The third-order valence-electron chi connectivity index (χ3n) is 3.31. The van der Waals surface area contributed by atoms with Gasteiger partial charge in [-0.1, -0.05) is 18.2 Å². The second kappa shape index (κ2) is 7.29. The summed E-state index contributed by atoms with van der Waals surface area (Å²) < 4.78 is 11.2. The SMILES string of the molecule is Cc1cccc(OCc2nc(C#N)c(NCc3cccnc3)o2)c1. The Morgan fingerprint density at radius 1 is 1.29 bits per heavy atom. The van der Waals surface area contributed by atoms with Crippen LogP contribution in [0.3, 0.4) is 0 Å². The van der Waals surface area contributed by atoms with Crippen LogP contribution >= 0.6 is 0 Å². The Balaban J connectivity index is 1.65. The monoisotopic (exact) mass is 320 g/mol. The lowest BCUT2D eigenvalue weighted by atomic mass is 10.2. The topological polar surface area (TPSA) is 84.0 Å². The summed E-state index contributed by atoms with van der Waals surface area (Å²) in [4.78, 5) is 8.19. The van der Waals surface area contributed by atoms with Crippen LogP contribution in [0.25, 0.3) is 0 Å². The van der Waals surface area contributed by atoms with Crippen molar-refractivity contribution in [3.05, 3.63) is 71.5 Å². The molecular formula is C18H16N4O2. The first kappa shape index (κ1) is 15.6. The Labute approximate surface area is 139 Å². The van der Waals surface area contributed by atoms with Crippen molar-refractivity contribution in [3.8, 4) is 11.8 Å². The molecule has 3 aromatic rings. The molecule has 0 aliphatic carbocycles. The van der Waals surface area contributed by atoms with E-state index in [1.165, 1.54) is 0 Å². The highest BCUT2D eigenvalue weighted by Crippen LogP contribution is 2.20. The Morgan fingerprint density at radius 3 is 2.96 bits per heavy atom. The van der Waals surface area contributed by atoms with E-state index in [2.05, 4.69) is 15.3 Å². The number of oxazole rings is 1. The summed E-state index contributed by atoms with van der Waals surface area (Å²) in [6.07, 6.45) is 3.45. The van der Waals surface area contributed by atoms with Gasteiger partial charge in [-0.2, -0.15) is 10.2 Å². The molecule has 0 atom stereocenters. The predicted molar refractivity (Wildman–Crippen MR) is 88.3 cm³/mol. The number of nitriles is 1. The minimum Gasteiger partial charge on any atom is -0.484 e. The van der Waals surface area contributed by atoms with Crippen molar-refractivity contribution in [2.75, 3.05) is 5.32 Å². The molecule has 2 heterocycles. The first-order valence-corrected chi connectivity index (χ1v) is 7.46. The van der Waals surface area contributed by atoms with Gasteiger partial charge in [0.1, 0.15) is 11.8 Å². The minimum absolute atomic E-state index is 0.159. The Bertz CT molecular complexity index is 853. The zero-order valence-electron chi connectivity index (χ0n) is 13.2. The van der Waals surface area contributed by atoms with Gasteiger partial charge < -0.3 is 14.5 Å². The van der Waals surface area contributed by atoms with Gasteiger partial charge in [0, 0.05) is 18.9 Å². The maximum absolute atomic E-state index is 9.18. The largest absolute Gasteiger partial charge is 0.484 e. The Hall–Kier alpha value is -3.33. The summed E-state index contributed by atoms with van der Waals surface area (Å²) in [6, 6.07) is 13.5. The van der Waals surface area contributed by atoms with E-state index in [0.717, 1.165) is 16.9 Å². The number of benzene rings is 1. The standard InChI is InChI=1S/C18H16N4O2/c1-13-4-2-6-15(8-13)23-12-17-22-16(9-19)18(24-17)21-11-14-5-3-7-20-10-14/h2-8,10,21H,11-12H2,1H3. The molecular weight excluding hydrogens is 304 g/mol. The minimum atomic E-state index is 0.159. The van der Waals surface area contributed by atoms with Crippen molar-refractivity contribution in [3.63, 3.8) is 0 Å². The van der Waals surface area contributed by atoms with Crippen LogP contribution in [0.5, 0.6) is 5.75 Å². The van der Waals surface area contributed by atoms with Gasteiger partial charge in [0.05, 0.1) is 0 Å². The molecule has 2 aromatic heterocycles. The van der Waals surface area contributed by atoms with E-state index in [-0.39, 0.29) is 12.3 Å². The van der Waals surface area contributed by atoms with Gasteiger partial charge in [-0.15, -0.1) is 0 Å². The van der Waals surface area contributed by atoms with Crippen molar-refractivity contribution >= 4 is 5.88 Å². The van der Waals surface area contributed by atoms with Gasteiger partial charge in [-0.25, -0.2) is 0 Å². The van der Waals surface area contributed by atoms with Crippen LogP contribution in [0.4, 0.5) is 5.88 Å². The molecule has 6 nitrogen and oxygen atoms in total. The average molecular weight is 320 g/mol. The van der Waals surface area contributed by atoms with Crippen LogP contribution < -0.4 is 10.1 Å². The highest BCUT2D eigenvalue weighted by atomic mass is 16.5. The summed E-state index contributed by atoms with van der Waals surface area (Å²) in [5.41, 5.74) is 2.30. The van der Waals surface area contributed by atoms with Crippen molar-refractivity contribution in [2.24, 2.45) is 0 Å². The smallest absolute Gasteiger partial charge is 0.236 e. The second-order valence-electron chi connectivity index (χ2n) is 5.22. The van der Waals surface area contributed by atoms with Crippen LogP contribution in [-0.4, -0.2) is 9.97 Å². The molecule has 0 amide bonds. The molecule has 0 aliphatic heterocycles. The van der Waals surface area contributed by atoms with E-state index < -0.39 is 0 Å². The molecule has 24 heavy (non-hydrogen) atoms. The number of aromatic nitrogens is 2. The number of nitrogens with zero attached hydrogens (tertiary/aromatic N) is 3. The molecule has 1 aromatic carbocycles. The lowest BCUT2D eigenvalue weighted by Gasteiger charge is -2.04. The van der Waals surface area contributed by atoms with Crippen molar-refractivity contribution in [1.82, 2.24) is 9.97 Å². The molecule has 0 saturated carbocycles. The highest BCUT2D eigenvalue weighted by Gasteiger charge is 2.13. The van der Waals surface area contributed by atoms with E-state index in [9.17, 15) is 5.26 Å². The summed E-state index contributed by atoms with van der Waals surface area (Å²) in [7, 11) is 0. The van der Waals surface area contributed by atoms with Crippen molar-refractivity contribution in [1.29, 1.82) is 5.26 Å². The molecule has 6 heteroatoms. The zero-order valence-corrected chi connectivity index (χ0v) is 13.2. The summed E-state index contributed by atoms with van der Waals surface area (Å²) in [6.45, 7) is 2.65. The maximum atomic E-state index is 9.18. The van der Waals surface area contributed by atoms with Gasteiger partial charge >= 0.3 is 0 Å². The zero-order chi connectivity index (χ0) is 16.8. The van der Waals surface area contributed by atoms with E-state index in [0.29, 0.717) is 18.3 Å². The molecule has 0 bridgehead atoms. The van der Waals surface area contributed by atoms with Gasteiger partial charge in [-0.3, -0.25) is 4.98 Å². The van der Waals surface area contributed by atoms with Gasteiger partial charge in [0.2, 0.25) is 17.5 Å². The van der Waals surface area contributed by atoms with Gasteiger partial charge in [-0.05, 0) is 36.2 Å². The fourth-order valence-corrected chi connectivity index (χ4v) is 2.16. The third kappa shape index (κ3) is 3.90. The molecule has 0 fully saturated rings. The fraction of sp³-hybridized carbons (Fsp3) is 0.167. The normalized spacial score (nSPS) is 10.2. The number of anilines is 1. The fourth-order valence-electron chi connectivity index (χ4n) is 2.16. The van der Waals surface area contributed by atoms with Gasteiger partial charge in [0.25, 0.3) is 0 Å². The van der Waals surface area contributed by atoms with Crippen LogP contribution in [0.2, 0.25) is 0 Å². The third-order valence-corrected chi connectivity index (χ3v) is 3.31.